The number of nitrogens with one attached hydrogen (secondary N) is 3. The summed E-state index contributed by atoms with van der Waals surface area (Å²) in [5, 5.41) is 25.1. The highest BCUT2D eigenvalue weighted by Gasteiger charge is 2.28. The molecule has 9 nitrogen and oxygen atoms in total. The summed E-state index contributed by atoms with van der Waals surface area (Å²) in [4.78, 5) is 29.6. The standard InChI is InChI=1S/C26H32N6O3/c1-31(2)10-9-27-25(34)16-7-8-17-14-32(15-18(17)11-16)26(35)21-12-20-22(13-23(21)33)29-30-24(20)28-19-5-3-4-6-19/h7-8,11-13,19,33H,3-6,9-10,14-15H2,1-2H3,(H,27,34)(H2,28,29,30). The van der Waals surface area contributed by atoms with Crippen LogP contribution in [0.2, 0.25) is 0 Å². The molecule has 1 aliphatic heterocycles. The predicted octanol–water partition coefficient (Wildman–Crippen LogP) is 3.07. The number of anilines is 1. The molecule has 1 saturated carbocycles. The van der Waals surface area contributed by atoms with Crippen LogP contribution in [0.5, 0.6) is 5.75 Å². The molecular weight excluding hydrogens is 444 g/mol. The average molecular weight is 477 g/mol. The summed E-state index contributed by atoms with van der Waals surface area (Å²) in [5.74, 6) is 0.279. The fraction of sp³-hybridized carbons (Fsp3) is 0.423. The Morgan fingerprint density at radius 1 is 1.14 bits per heavy atom. The summed E-state index contributed by atoms with van der Waals surface area (Å²) >= 11 is 0. The van der Waals surface area contributed by atoms with Crippen molar-refractivity contribution in [3.63, 3.8) is 0 Å². The molecule has 0 unspecified atom stereocenters. The van der Waals surface area contributed by atoms with Crippen LogP contribution in [-0.4, -0.2) is 70.1 Å². The molecule has 1 aromatic heterocycles. The van der Waals surface area contributed by atoms with Crippen molar-refractivity contribution in [2.24, 2.45) is 0 Å². The third-order valence-electron chi connectivity index (χ3n) is 6.93. The molecule has 0 bridgehead atoms. The first-order valence-corrected chi connectivity index (χ1v) is 12.2. The molecule has 0 atom stereocenters. The van der Waals surface area contributed by atoms with Crippen molar-refractivity contribution >= 4 is 28.5 Å². The van der Waals surface area contributed by atoms with Gasteiger partial charge in [-0.15, -0.1) is 0 Å². The quantitative estimate of drug-likeness (QED) is 0.417. The van der Waals surface area contributed by atoms with Gasteiger partial charge in [0.1, 0.15) is 5.75 Å². The van der Waals surface area contributed by atoms with Crippen molar-refractivity contribution < 1.29 is 14.7 Å². The number of amides is 2. The minimum absolute atomic E-state index is 0.0736. The Morgan fingerprint density at radius 3 is 2.69 bits per heavy atom. The number of aromatic amines is 1. The lowest BCUT2D eigenvalue weighted by Crippen LogP contribution is -2.31. The molecule has 0 radical (unpaired) electrons. The molecule has 9 heteroatoms. The third-order valence-corrected chi connectivity index (χ3v) is 6.93. The Bertz CT molecular complexity index is 1260. The topological polar surface area (TPSA) is 114 Å². The highest BCUT2D eigenvalue weighted by molar-refractivity contribution is 6.03. The van der Waals surface area contributed by atoms with Crippen molar-refractivity contribution in [1.82, 2.24) is 25.3 Å². The van der Waals surface area contributed by atoms with E-state index in [9.17, 15) is 14.7 Å². The second-order valence-electron chi connectivity index (χ2n) is 9.82. The van der Waals surface area contributed by atoms with Crippen molar-refractivity contribution in [1.29, 1.82) is 0 Å². The maximum atomic E-state index is 13.4. The first kappa shape index (κ1) is 23.2. The van der Waals surface area contributed by atoms with E-state index in [0.717, 1.165) is 41.7 Å². The lowest BCUT2D eigenvalue weighted by Gasteiger charge is -2.17. The van der Waals surface area contributed by atoms with Crippen LogP contribution in [0.1, 0.15) is 57.5 Å². The van der Waals surface area contributed by atoms with Gasteiger partial charge in [-0.2, -0.15) is 5.10 Å². The Morgan fingerprint density at radius 2 is 1.91 bits per heavy atom. The monoisotopic (exact) mass is 476 g/mol. The molecule has 3 aromatic rings. The van der Waals surface area contributed by atoms with Gasteiger partial charge in [-0.1, -0.05) is 18.9 Å². The zero-order valence-corrected chi connectivity index (χ0v) is 20.2. The number of hydrogen-bond acceptors (Lipinski definition) is 6. The van der Waals surface area contributed by atoms with Crippen molar-refractivity contribution in [3.8, 4) is 5.75 Å². The number of likely N-dealkylation sites (N-methyl/N-ethyl adjacent to an activating group) is 1. The minimum atomic E-state index is -0.245. The molecule has 0 saturated heterocycles. The molecule has 1 aliphatic carbocycles. The molecule has 1 fully saturated rings. The Kier molecular flexibility index (Phi) is 6.34. The van der Waals surface area contributed by atoms with Crippen molar-refractivity contribution in [2.75, 3.05) is 32.5 Å². The highest BCUT2D eigenvalue weighted by Crippen LogP contribution is 2.33. The Balaban J connectivity index is 1.32. The second kappa shape index (κ2) is 9.58. The number of fused-ring (bicyclic) bond motifs is 2. The second-order valence-corrected chi connectivity index (χ2v) is 9.82. The van der Waals surface area contributed by atoms with E-state index >= 15 is 0 Å². The first-order chi connectivity index (χ1) is 16.9. The summed E-state index contributed by atoms with van der Waals surface area (Å²) < 4.78 is 0. The highest BCUT2D eigenvalue weighted by atomic mass is 16.3. The van der Waals surface area contributed by atoms with Crippen molar-refractivity contribution in [2.45, 2.75) is 44.8 Å². The maximum Gasteiger partial charge on any atom is 0.258 e. The van der Waals surface area contributed by atoms with Gasteiger partial charge in [-0.25, -0.2) is 0 Å². The fourth-order valence-corrected chi connectivity index (χ4v) is 4.94. The van der Waals surface area contributed by atoms with E-state index in [4.69, 9.17) is 0 Å². The SMILES string of the molecule is CN(C)CCNC(=O)c1ccc2c(c1)CN(C(=O)c1cc3c(NC4CCCC4)n[nH]c3cc1O)C2. The number of nitrogens with zero attached hydrogens (tertiary/aromatic N) is 3. The predicted molar refractivity (Wildman–Crippen MR) is 135 cm³/mol. The Hall–Kier alpha value is -3.59. The van der Waals surface area contributed by atoms with Crippen molar-refractivity contribution in [3.05, 3.63) is 52.6 Å². The molecule has 5 rings (SSSR count). The number of aromatic nitrogens is 2. The number of H-pyrrole nitrogens is 1. The van der Waals surface area contributed by atoms with E-state index in [1.165, 1.54) is 12.8 Å². The Labute approximate surface area is 204 Å². The largest absolute Gasteiger partial charge is 0.507 e. The number of aromatic hydroxyl groups is 1. The number of benzene rings is 2. The fourth-order valence-electron chi connectivity index (χ4n) is 4.94. The van der Waals surface area contributed by atoms with Crippen LogP contribution in [0.3, 0.4) is 0 Å². The van der Waals surface area contributed by atoms with E-state index in [1.807, 2.05) is 31.1 Å². The molecule has 2 aliphatic rings. The number of hydrogen-bond donors (Lipinski definition) is 4. The van der Waals surface area contributed by atoms with Crippen LogP contribution in [0.4, 0.5) is 5.82 Å². The smallest absolute Gasteiger partial charge is 0.258 e. The van der Waals surface area contributed by atoms with E-state index in [1.54, 1.807) is 23.1 Å². The summed E-state index contributed by atoms with van der Waals surface area (Å²) in [5.41, 5.74) is 3.49. The number of rotatable bonds is 7. The van der Waals surface area contributed by atoms with E-state index in [0.29, 0.717) is 36.8 Å². The number of carbonyl (C=O) groups is 2. The van der Waals surface area contributed by atoms with Crippen LogP contribution >= 0.6 is 0 Å². The third kappa shape index (κ3) is 4.81. The summed E-state index contributed by atoms with van der Waals surface area (Å²) in [7, 11) is 3.92. The minimum Gasteiger partial charge on any atom is -0.507 e. The van der Waals surface area contributed by atoms with Gasteiger partial charge >= 0.3 is 0 Å². The lowest BCUT2D eigenvalue weighted by molar-refractivity contribution is 0.0748. The summed E-state index contributed by atoms with van der Waals surface area (Å²) in [6, 6.07) is 9.24. The average Bonchev–Trinajstić information content (AvgIpc) is 3.58. The molecule has 2 aromatic carbocycles. The van der Waals surface area contributed by atoms with Gasteiger partial charge in [0.25, 0.3) is 11.8 Å². The van der Waals surface area contributed by atoms with E-state index < -0.39 is 0 Å². The van der Waals surface area contributed by atoms with E-state index in [-0.39, 0.29) is 23.1 Å². The van der Waals surface area contributed by atoms with Crippen LogP contribution in [-0.2, 0) is 13.1 Å². The molecule has 0 spiro atoms. The molecule has 2 amide bonds. The van der Waals surface area contributed by atoms with Gasteiger partial charge in [0.2, 0.25) is 0 Å². The molecule has 35 heavy (non-hydrogen) atoms. The lowest BCUT2D eigenvalue weighted by atomic mass is 10.1. The van der Waals surface area contributed by atoms with Crippen LogP contribution in [0.25, 0.3) is 10.9 Å². The van der Waals surface area contributed by atoms with Gasteiger partial charge in [0.15, 0.2) is 5.82 Å². The van der Waals surface area contributed by atoms with Gasteiger partial charge < -0.3 is 25.5 Å². The zero-order valence-electron chi connectivity index (χ0n) is 20.2. The molecule has 184 valence electrons. The van der Waals surface area contributed by atoms with E-state index in [2.05, 4.69) is 20.8 Å². The number of phenolic OH excluding ortho intramolecular Hbond substituents is 1. The van der Waals surface area contributed by atoms with Gasteiger partial charge in [-0.3, -0.25) is 14.7 Å². The summed E-state index contributed by atoms with van der Waals surface area (Å²) in [6.45, 7) is 2.16. The summed E-state index contributed by atoms with van der Waals surface area (Å²) in [6.07, 6.45) is 4.64. The molecular formula is C26H32N6O3. The van der Waals surface area contributed by atoms with Crippen LogP contribution in [0, 0.1) is 0 Å². The van der Waals surface area contributed by atoms with Crippen LogP contribution < -0.4 is 10.6 Å². The van der Waals surface area contributed by atoms with Gasteiger partial charge in [-0.05, 0) is 56.3 Å². The maximum absolute atomic E-state index is 13.4. The van der Waals surface area contributed by atoms with Gasteiger partial charge in [0.05, 0.1) is 11.1 Å². The molecule has 4 N–H and O–H groups in total. The van der Waals surface area contributed by atoms with Gasteiger partial charge in [0, 0.05) is 49.2 Å². The number of phenols is 1. The molecule has 2 heterocycles. The first-order valence-electron chi connectivity index (χ1n) is 12.2. The normalized spacial score (nSPS) is 15.7. The zero-order chi connectivity index (χ0) is 24.5. The van der Waals surface area contributed by atoms with Crippen LogP contribution in [0.15, 0.2) is 30.3 Å². The number of carbonyl (C=O) groups excluding carboxylic acids is 2.